The fourth-order valence-corrected chi connectivity index (χ4v) is 4.39. The number of carbonyl (C=O) groups is 1. The zero-order valence-electron chi connectivity index (χ0n) is 18.0. The molecular formula is C27H23N3O3. The number of nitrogens with zero attached hydrogens (tertiary/aromatic N) is 1. The summed E-state index contributed by atoms with van der Waals surface area (Å²) in [4.78, 5) is 18.5. The number of furan rings is 1. The third-order valence-electron chi connectivity index (χ3n) is 6.12. The van der Waals surface area contributed by atoms with Crippen LogP contribution in [0.1, 0.15) is 10.4 Å². The summed E-state index contributed by atoms with van der Waals surface area (Å²) >= 11 is 0. The molecule has 1 fully saturated rings. The third-order valence-corrected chi connectivity index (χ3v) is 6.12. The van der Waals surface area contributed by atoms with E-state index in [1.807, 2.05) is 72.9 Å². The maximum atomic E-state index is 13.0. The molecule has 6 rings (SSSR count). The predicted octanol–water partition coefficient (Wildman–Crippen LogP) is 5.67. The SMILES string of the molecule is O=C(Nc1cccc(N2CCOCC2)c1)c1ccc2c(-c3cc4ccccc4o3)c[nH]c2c1. The minimum atomic E-state index is -0.143. The molecule has 0 aliphatic carbocycles. The Bertz CT molecular complexity index is 1430. The van der Waals surface area contributed by atoms with Gasteiger partial charge in [0.1, 0.15) is 11.3 Å². The van der Waals surface area contributed by atoms with Crippen molar-refractivity contribution >= 4 is 39.2 Å². The molecule has 164 valence electrons. The van der Waals surface area contributed by atoms with Gasteiger partial charge in [-0.05, 0) is 42.5 Å². The van der Waals surface area contributed by atoms with Crippen LogP contribution < -0.4 is 10.2 Å². The van der Waals surface area contributed by atoms with Crippen molar-refractivity contribution in [1.29, 1.82) is 0 Å². The van der Waals surface area contributed by atoms with E-state index in [1.54, 1.807) is 0 Å². The number of hydrogen-bond acceptors (Lipinski definition) is 4. The van der Waals surface area contributed by atoms with E-state index in [0.29, 0.717) is 5.56 Å². The molecule has 0 bridgehead atoms. The molecule has 3 heterocycles. The summed E-state index contributed by atoms with van der Waals surface area (Å²) in [6, 6.07) is 23.6. The predicted molar refractivity (Wildman–Crippen MR) is 131 cm³/mol. The first-order chi connectivity index (χ1) is 16.2. The highest BCUT2D eigenvalue weighted by Gasteiger charge is 2.15. The summed E-state index contributed by atoms with van der Waals surface area (Å²) in [7, 11) is 0. The number of morpholine rings is 1. The maximum absolute atomic E-state index is 13.0. The highest BCUT2D eigenvalue weighted by Crippen LogP contribution is 2.33. The van der Waals surface area contributed by atoms with Crippen LogP contribution in [0.25, 0.3) is 33.2 Å². The average Bonchev–Trinajstić information content (AvgIpc) is 3.48. The van der Waals surface area contributed by atoms with Crippen LogP contribution >= 0.6 is 0 Å². The molecule has 5 aromatic rings. The number of ether oxygens (including phenoxy) is 1. The molecule has 0 spiro atoms. The van der Waals surface area contributed by atoms with Gasteiger partial charge < -0.3 is 24.4 Å². The van der Waals surface area contributed by atoms with Gasteiger partial charge in [-0.3, -0.25) is 4.79 Å². The number of carbonyl (C=O) groups excluding carboxylic acids is 1. The molecule has 1 aliphatic heterocycles. The maximum Gasteiger partial charge on any atom is 0.255 e. The summed E-state index contributed by atoms with van der Waals surface area (Å²) in [5.74, 6) is 0.662. The van der Waals surface area contributed by atoms with Gasteiger partial charge in [0, 0.05) is 58.1 Å². The molecule has 0 unspecified atom stereocenters. The summed E-state index contributed by atoms with van der Waals surface area (Å²) in [5, 5.41) is 5.11. The van der Waals surface area contributed by atoms with Gasteiger partial charge in [0.2, 0.25) is 0 Å². The first-order valence-corrected chi connectivity index (χ1v) is 11.1. The van der Waals surface area contributed by atoms with Gasteiger partial charge in [0.15, 0.2) is 0 Å². The Morgan fingerprint density at radius 2 is 1.82 bits per heavy atom. The highest BCUT2D eigenvalue weighted by atomic mass is 16.5. The van der Waals surface area contributed by atoms with Crippen molar-refractivity contribution in [3.8, 4) is 11.3 Å². The number of amides is 1. The van der Waals surface area contributed by atoms with Gasteiger partial charge in [-0.15, -0.1) is 0 Å². The Balaban J connectivity index is 1.24. The number of aromatic nitrogens is 1. The molecule has 3 aromatic carbocycles. The summed E-state index contributed by atoms with van der Waals surface area (Å²) in [5.41, 5.74) is 5.19. The number of anilines is 2. The summed E-state index contributed by atoms with van der Waals surface area (Å²) in [6.07, 6.45) is 1.93. The van der Waals surface area contributed by atoms with Gasteiger partial charge in [-0.1, -0.05) is 30.3 Å². The smallest absolute Gasteiger partial charge is 0.255 e. The second-order valence-corrected chi connectivity index (χ2v) is 8.22. The number of aromatic amines is 1. The summed E-state index contributed by atoms with van der Waals surface area (Å²) in [6.45, 7) is 3.16. The van der Waals surface area contributed by atoms with Crippen LogP contribution in [0.15, 0.2) is 83.4 Å². The van der Waals surface area contributed by atoms with E-state index in [2.05, 4.69) is 21.3 Å². The van der Waals surface area contributed by atoms with Gasteiger partial charge in [0.05, 0.1) is 13.2 Å². The molecule has 33 heavy (non-hydrogen) atoms. The van der Waals surface area contributed by atoms with Crippen molar-refractivity contribution in [2.75, 3.05) is 36.5 Å². The van der Waals surface area contributed by atoms with E-state index >= 15 is 0 Å². The van der Waals surface area contributed by atoms with Gasteiger partial charge in [0.25, 0.3) is 5.91 Å². The lowest BCUT2D eigenvalue weighted by Crippen LogP contribution is -2.36. The molecule has 0 radical (unpaired) electrons. The lowest BCUT2D eigenvalue weighted by molar-refractivity contribution is 0.102. The first-order valence-electron chi connectivity index (χ1n) is 11.1. The van der Waals surface area contributed by atoms with Crippen LogP contribution in [0.2, 0.25) is 0 Å². The monoisotopic (exact) mass is 437 g/mol. The van der Waals surface area contributed by atoms with Crippen LogP contribution in [0, 0.1) is 0 Å². The lowest BCUT2D eigenvalue weighted by Gasteiger charge is -2.29. The number of H-pyrrole nitrogens is 1. The minimum Gasteiger partial charge on any atom is -0.456 e. The number of rotatable bonds is 4. The van der Waals surface area contributed by atoms with Crippen LogP contribution in [0.5, 0.6) is 0 Å². The number of benzene rings is 3. The van der Waals surface area contributed by atoms with Crippen LogP contribution in [-0.4, -0.2) is 37.2 Å². The quantitative estimate of drug-likeness (QED) is 0.380. The van der Waals surface area contributed by atoms with Crippen molar-refractivity contribution in [2.24, 2.45) is 0 Å². The van der Waals surface area contributed by atoms with E-state index in [4.69, 9.17) is 9.15 Å². The Kier molecular flexibility index (Phi) is 4.85. The van der Waals surface area contributed by atoms with E-state index < -0.39 is 0 Å². The number of nitrogens with one attached hydrogen (secondary N) is 2. The second kappa shape index (κ2) is 8.15. The molecule has 1 saturated heterocycles. The van der Waals surface area contributed by atoms with Gasteiger partial charge in [-0.25, -0.2) is 0 Å². The van der Waals surface area contributed by atoms with Gasteiger partial charge >= 0.3 is 0 Å². The van der Waals surface area contributed by atoms with Crippen LogP contribution in [-0.2, 0) is 4.74 Å². The van der Waals surface area contributed by atoms with E-state index in [1.165, 1.54) is 0 Å². The number of para-hydroxylation sites is 1. The Hall–Kier alpha value is -4.03. The normalized spacial score (nSPS) is 14.1. The molecule has 6 heteroatoms. The number of fused-ring (bicyclic) bond motifs is 2. The molecule has 1 aliphatic rings. The van der Waals surface area contributed by atoms with Crippen molar-refractivity contribution in [3.05, 3.63) is 84.6 Å². The largest absolute Gasteiger partial charge is 0.456 e. The van der Waals surface area contributed by atoms with Crippen molar-refractivity contribution in [2.45, 2.75) is 0 Å². The van der Waals surface area contributed by atoms with E-state index in [9.17, 15) is 4.79 Å². The van der Waals surface area contributed by atoms with E-state index in [0.717, 1.165) is 70.9 Å². The molecule has 0 atom stereocenters. The summed E-state index contributed by atoms with van der Waals surface area (Å²) < 4.78 is 11.5. The first kappa shape index (κ1) is 19.6. The topological polar surface area (TPSA) is 70.5 Å². The lowest BCUT2D eigenvalue weighted by atomic mass is 10.1. The van der Waals surface area contributed by atoms with Crippen molar-refractivity contribution < 1.29 is 13.9 Å². The molecule has 2 aromatic heterocycles. The molecule has 1 amide bonds. The Labute approximate surface area is 190 Å². The molecule has 0 saturated carbocycles. The standard InChI is InChI=1S/C27H23N3O3/c31-27(29-20-5-3-6-21(16-20)30-10-12-32-13-11-30)19-8-9-22-23(17-28-24(22)14-19)26-15-18-4-1-2-7-25(18)33-26/h1-9,14-17,28H,10-13H2,(H,29,31). The average molecular weight is 437 g/mol. The number of hydrogen-bond donors (Lipinski definition) is 2. The fourth-order valence-electron chi connectivity index (χ4n) is 4.39. The highest BCUT2D eigenvalue weighted by molar-refractivity contribution is 6.07. The minimum absolute atomic E-state index is 0.143. The zero-order valence-corrected chi connectivity index (χ0v) is 18.0. The Morgan fingerprint density at radius 3 is 2.70 bits per heavy atom. The molecular weight excluding hydrogens is 414 g/mol. The van der Waals surface area contributed by atoms with E-state index in [-0.39, 0.29) is 5.91 Å². The van der Waals surface area contributed by atoms with Crippen LogP contribution in [0.4, 0.5) is 11.4 Å². The second-order valence-electron chi connectivity index (χ2n) is 8.22. The molecule has 2 N–H and O–H groups in total. The van der Waals surface area contributed by atoms with Gasteiger partial charge in [-0.2, -0.15) is 0 Å². The fraction of sp³-hybridized carbons (Fsp3) is 0.148. The third kappa shape index (κ3) is 3.75. The Morgan fingerprint density at radius 1 is 0.939 bits per heavy atom. The van der Waals surface area contributed by atoms with Crippen LogP contribution in [0.3, 0.4) is 0 Å². The molecule has 6 nitrogen and oxygen atoms in total. The zero-order chi connectivity index (χ0) is 22.2. The van der Waals surface area contributed by atoms with Crippen molar-refractivity contribution in [3.63, 3.8) is 0 Å². The van der Waals surface area contributed by atoms with Crippen molar-refractivity contribution in [1.82, 2.24) is 4.98 Å².